The van der Waals surface area contributed by atoms with Crippen LogP contribution in [0.4, 0.5) is 11.9 Å². The Hall–Kier alpha value is -2.30. The molecular weight excluding hydrogens is 368 g/mol. The maximum atomic E-state index is 12.5. The number of aryl methyl sites for hydroxylation is 1. The molecule has 0 radical (unpaired) electrons. The van der Waals surface area contributed by atoms with Crippen LogP contribution in [0.15, 0.2) is 29.2 Å². The van der Waals surface area contributed by atoms with Gasteiger partial charge in [-0.3, -0.25) is 0 Å². The molecule has 1 aliphatic heterocycles. The van der Waals surface area contributed by atoms with Crippen LogP contribution in [0.3, 0.4) is 0 Å². The summed E-state index contributed by atoms with van der Waals surface area (Å²) in [5, 5.41) is 0. The van der Waals surface area contributed by atoms with Gasteiger partial charge in [0.15, 0.2) is 5.82 Å². The zero-order valence-corrected chi connectivity index (χ0v) is 16.5. The Bertz CT molecular complexity index is 880. The minimum Gasteiger partial charge on any atom is -0.378 e. The maximum Gasteiger partial charge on any atom is 0.240 e. The zero-order chi connectivity index (χ0) is 19.4. The van der Waals surface area contributed by atoms with E-state index >= 15 is 0 Å². The number of anilines is 2. The molecule has 146 valence electrons. The lowest BCUT2D eigenvalue weighted by Crippen LogP contribution is -2.38. The van der Waals surface area contributed by atoms with Gasteiger partial charge in [0.1, 0.15) is 0 Å². The number of hydrogen-bond acceptors (Lipinski definition) is 8. The van der Waals surface area contributed by atoms with Gasteiger partial charge in [-0.25, -0.2) is 13.1 Å². The first-order valence-corrected chi connectivity index (χ1v) is 10.1. The van der Waals surface area contributed by atoms with E-state index in [9.17, 15) is 8.42 Å². The van der Waals surface area contributed by atoms with E-state index in [1.807, 2.05) is 25.9 Å². The summed E-state index contributed by atoms with van der Waals surface area (Å²) in [6.45, 7) is 4.48. The van der Waals surface area contributed by atoms with Crippen LogP contribution >= 0.6 is 0 Å². The lowest BCUT2D eigenvalue weighted by Gasteiger charge is -2.27. The monoisotopic (exact) mass is 392 g/mol. The fourth-order valence-electron chi connectivity index (χ4n) is 2.54. The van der Waals surface area contributed by atoms with Crippen LogP contribution < -0.4 is 14.5 Å². The summed E-state index contributed by atoms with van der Waals surface area (Å²) in [6.07, 6.45) is 0. The van der Waals surface area contributed by atoms with Crippen LogP contribution in [0.2, 0.25) is 0 Å². The summed E-state index contributed by atoms with van der Waals surface area (Å²) in [5.74, 6) is 1.38. The van der Waals surface area contributed by atoms with Crippen LogP contribution in [-0.2, 0) is 21.3 Å². The van der Waals surface area contributed by atoms with Crippen molar-refractivity contribution < 1.29 is 13.2 Å². The summed E-state index contributed by atoms with van der Waals surface area (Å²) in [6, 6.07) is 6.68. The van der Waals surface area contributed by atoms with Gasteiger partial charge in [0, 0.05) is 27.2 Å². The largest absolute Gasteiger partial charge is 0.378 e. The first kappa shape index (κ1) is 19.5. The van der Waals surface area contributed by atoms with Crippen molar-refractivity contribution in [3.63, 3.8) is 0 Å². The van der Waals surface area contributed by atoms with Crippen molar-refractivity contribution in [2.24, 2.45) is 0 Å². The number of nitrogens with zero attached hydrogens (tertiary/aromatic N) is 5. The van der Waals surface area contributed by atoms with Crippen LogP contribution in [0.5, 0.6) is 0 Å². The maximum absolute atomic E-state index is 12.5. The third kappa shape index (κ3) is 4.90. The average molecular weight is 392 g/mol. The molecule has 27 heavy (non-hydrogen) atoms. The SMILES string of the molecule is Cc1ccc(S(=O)(=O)NCc2nc(N(C)C)nc(N3CCOCC3)n2)cc1. The molecule has 0 aliphatic carbocycles. The lowest BCUT2D eigenvalue weighted by molar-refractivity contribution is 0.122. The van der Waals surface area contributed by atoms with Crippen LogP contribution in [0.1, 0.15) is 11.4 Å². The molecule has 0 bridgehead atoms. The fourth-order valence-corrected chi connectivity index (χ4v) is 3.52. The van der Waals surface area contributed by atoms with Gasteiger partial charge >= 0.3 is 0 Å². The Kier molecular flexibility index (Phi) is 5.88. The number of hydrogen-bond donors (Lipinski definition) is 1. The highest BCUT2D eigenvalue weighted by Crippen LogP contribution is 2.15. The van der Waals surface area contributed by atoms with Gasteiger partial charge in [0.05, 0.1) is 24.7 Å². The molecule has 0 spiro atoms. The van der Waals surface area contributed by atoms with E-state index in [-0.39, 0.29) is 11.4 Å². The van der Waals surface area contributed by atoms with Gasteiger partial charge < -0.3 is 14.5 Å². The molecule has 1 aromatic carbocycles. The summed E-state index contributed by atoms with van der Waals surface area (Å²) in [4.78, 5) is 17.3. The van der Waals surface area contributed by atoms with E-state index in [4.69, 9.17) is 4.74 Å². The minimum atomic E-state index is -3.64. The van der Waals surface area contributed by atoms with Gasteiger partial charge in [-0.1, -0.05) is 17.7 Å². The van der Waals surface area contributed by atoms with Crippen molar-refractivity contribution in [2.45, 2.75) is 18.4 Å². The van der Waals surface area contributed by atoms with E-state index in [2.05, 4.69) is 19.7 Å². The number of aromatic nitrogens is 3. The van der Waals surface area contributed by atoms with Crippen molar-refractivity contribution in [3.05, 3.63) is 35.7 Å². The standard InChI is InChI=1S/C17H24N6O3S/c1-13-4-6-14(7-5-13)27(24,25)18-12-15-19-16(22(2)3)21-17(20-15)23-8-10-26-11-9-23/h4-7,18H,8-12H2,1-3H3. The molecule has 2 aromatic rings. The number of benzene rings is 1. The van der Waals surface area contributed by atoms with E-state index in [1.54, 1.807) is 29.2 Å². The fraction of sp³-hybridized carbons (Fsp3) is 0.471. The zero-order valence-electron chi connectivity index (χ0n) is 15.7. The third-order valence-corrected chi connectivity index (χ3v) is 5.52. The third-order valence-electron chi connectivity index (χ3n) is 4.10. The quantitative estimate of drug-likeness (QED) is 0.761. The molecule has 1 saturated heterocycles. The highest BCUT2D eigenvalue weighted by molar-refractivity contribution is 7.89. The number of morpholine rings is 1. The van der Waals surface area contributed by atoms with Crippen molar-refractivity contribution in [3.8, 4) is 0 Å². The topological polar surface area (TPSA) is 101 Å². The molecule has 9 nitrogen and oxygen atoms in total. The Morgan fingerprint density at radius 3 is 2.41 bits per heavy atom. The van der Waals surface area contributed by atoms with Gasteiger partial charge in [-0.05, 0) is 19.1 Å². The number of nitrogens with one attached hydrogen (secondary N) is 1. The Labute approximate surface area is 159 Å². The van der Waals surface area contributed by atoms with Gasteiger partial charge in [-0.2, -0.15) is 15.0 Å². The summed E-state index contributed by atoms with van der Waals surface area (Å²) < 4.78 is 32.9. The first-order chi connectivity index (χ1) is 12.8. The van der Waals surface area contributed by atoms with Gasteiger partial charge in [-0.15, -0.1) is 0 Å². The normalized spacial score (nSPS) is 15.0. The predicted octanol–water partition coefficient (Wildman–Crippen LogP) is 0.561. The molecule has 0 unspecified atom stereocenters. The van der Waals surface area contributed by atoms with Crippen molar-refractivity contribution in [2.75, 3.05) is 50.2 Å². The smallest absolute Gasteiger partial charge is 0.240 e. The summed E-state index contributed by atoms with van der Waals surface area (Å²) >= 11 is 0. The Balaban J connectivity index is 1.80. The Morgan fingerprint density at radius 2 is 1.78 bits per heavy atom. The van der Waals surface area contributed by atoms with E-state index in [1.165, 1.54) is 0 Å². The molecule has 10 heteroatoms. The van der Waals surface area contributed by atoms with Crippen molar-refractivity contribution >= 4 is 21.9 Å². The van der Waals surface area contributed by atoms with E-state index in [0.29, 0.717) is 44.0 Å². The highest BCUT2D eigenvalue weighted by Gasteiger charge is 2.19. The molecular formula is C17H24N6O3S. The average Bonchev–Trinajstić information content (AvgIpc) is 2.67. The number of rotatable bonds is 6. The van der Waals surface area contributed by atoms with Crippen molar-refractivity contribution in [1.29, 1.82) is 0 Å². The van der Waals surface area contributed by atoms with Crippen molar-refractivity contribution in [1.82, 2.24) is 19.7 Å². The van der Waals surface area contributed by atoms with Crippen LogP contribution in [0, 0.1) is 6.92 Å². The predicted molar refractivity (Wildman–Crippen MR) is 102 cm³/mol. The second-order valence-electron chi connectivity index (χ2n) is 6.48. The Morgan fingerprint density at radius 1 is 1.11 bits per heavy atom. The first-order valence-electron chi connectivity index (χ1n) is 8.66. The molecule has 3 rings (SSSR count). The minimum absolute atomic E-state index is 0.0170. The lowest BCUT2D eigenvalue weighted by atomic mass is 10.2. The summed E-state index contributed by atoms with van der Waals surface area (Å²) in [5.41, 5.74) is 0.997. The van der Waals surface area contributed by atoms with Crippen LogP contribution in [-0.4, -0.2) is 63.8 Å². The number of sulfonamides is 1. The van der Waals surface area contributed by atoms with Gasteiger partial charge in [0.25, 0.3) is 0 Å². The highest BCUT2D eigenvalue weighted by atomic mass is 32.2. The molecule has 1 fully saturated rings. The molecule has 0 amide bonds. The molecule has 1 aliphatic rings. The van der Waals surface area contributed by atoms with Crippen LogP contribution in [0.25, 0.3) is 0 Å². The molecule has 0 atom stereocenters. The molecule has 0 saturated carbocycles. The second kappa shape index (κ2) is 8.15. The van der Waals surface area contributed by atoms with Gasteiger partial charge in [0.2, 0.25) is 21.9 Å². The molecule has 1 aromatic heterocycles. The van der Waals surface area contributed by atoms with E-state index in [0.717, 1.165) is 5.56 Å². The second-order valence-corrected chi connectivity index (χ2v) is 8.25. The number of ether oxygens (including phenoxy) is 1. The van der Waals surface area contributed by atoms with E-state index < -0.39 is 10.0 Å². The summed E-state index contributed by atoms with van der Waals surface area (Å²) in [7, 11) is 0.0204. The molecule has 1 N–H and O–H groups in total. The molecule has 2 heterocycles.